The molecular formula is C44H74N2O28. The third-order valence-corrected chi connectivity index (χ3v) is 14.3. The van der Waals surface area contributed by atoms with E-state index in [1.54, 1.807) is 6.92 Å². The van der Waals surface area contributed by atoms with Crippen molar-refractivity contribution in [1.29, 1.82) is 0 Å². The molecule has 0 aromatic carbocycles. The Labute approximate surface area is 423 Å². The molecular weight excluding hydrogens is 1000 g/mol. The van der Waals surface area contributed by atoms with E-state index in [4.69, 9.17) is 47.4 Å². The van der Waals surface area contributed by atoms with Gasteiger partial charge in [0.2, 0.25) is 11.8 Å². The molecule has 17 N–H and O–H groups in total. The van der Waals surface area contributed by atoms with E-state index in [1.807, 2.05) is 0 Å². The molecule has 1 saturated carbocycles. The molecule has 30 nitrogen and oxygen atoms in total. The maximum absolute atomic E-state index is 14.3. The van der Waals surface area contributed by atoms with Gasteiger partial charge in [-0.15, -0.1) is 0 Å². The molecule has 5 heterocycles. The SMILES string of the molecule is CCO[C@@H]1O[C@@H](CO)[C@H](O)[C@H](O[C@@H]2O[C@@H](CO)[C@@H](O[C@@H]3O[C@@H](CO)[C@H](O)[C@H](O[C@]4(C(=O)O)C[C@@H](O)[C@@H](NC(C)=O)[C@H]([C@H](O)[C@H](O)CO)O4)[C@@H]3O)[C@H](O[C@@H]3O[C@@H](C)[C@@H](O)[C@H](O)[C@@H]3O)[C@@H]2NC(=O)C2CCCCC2)[C@@H]1O. The lowest BCUT2D eigenvalue weighted by atomic mass is 9.87. The number of carboxylic acid groups (broad SMARTS) is 1. The predicted octanol–water partition coefficient (Wildman–Crippen LogP) is -8.80. The molecule has 74 heavy (non-hydrogen) atoms. The van der Waals surface area contributed by atoms with Crippen molar-refractivity contribution in [1.82, 2.24) is 10.6 Å². The third-order valence-electron chi connectivity index (χ3n) is 14.3. The number of carbonyl (C=O) groups is 3. The van der Waals surface area contributed by atoms with Crippen molar-refractivity contribution in [2.75, 3.05) is 33.0 Å². The second-order valence-electron chi connectivity index (χ2n) is 19.4. The first-order chi connectivity index (χ1) is 35.1. The molecule has 6 aliphatic rings. The van der Waals surface area contributed by atoms with Gasteiger partial charge in [0.05, 0.1) is 44.7 Å². The summed E-state index contributed by atoms with van der Waals surface area (Å²) in [6.07, 6.45) is -42.2. The maximum atomic E-state index is 14.3. The van der Waals surface area contributed by atoms with Crippen molar-refractivity contribution in [3.8, 4) is 0 Å². The number of rotatable bonds is 20. The van der Waals surface area contributed by atoms with Crippen LogP contribution in [0.1, 0.15) is 59.3 Å². The minimum atomic E-state index is -3.19. The number of ether oxygens (including phenoxy) is 10. The van der Waals surface area contributed by atoms with E-state index >= 15 is 0 Å². The maximum Gasteiger partial charge on any atom is 0.364 e. The Morgan fingerprint density at radius 1 is 0.635 bits per heavy atom. The Balaban J connectivity index is 1.41. The van der Waals surface area contributed by atoms with Crippen LogP contribution in [0.5, 0.6) is 0 Å². The number of aliphatic hydroxyl groups excluding tert-OH is 14. The van der Waals surface area contributed by atoms with E-state index in [9.17, 15) is 91.0 Å². The van der Waals surface area contributed by atoms with E-state index in [2.05, 4.69) is 10.6 Å². The molecule has 0 unspecified atom stereocenters. The van der Waals surface area contributed by atoms with Crippen LogP contribution < -0.4 is 10.6 Å². The van der Waals surface area contributed by atoms with Gasteiger partial charge in [0.1, 0.15) is 110 Å². The molecule has 5 saturated heterocycles. The van der Waals surface area contributed by atoms with Crippen LogP contribution in [-0.2, 0) is 61.8 Å². The summed E-state index contributed by atoms with van der Waals surface area (Å²) in [5.74, 6) is -7.31. The predicted molar refractivity (Wildman–Crippen MR) is 236 cm³/mol. The van der Waals surface area contributed by atoms with Crippen molar-refractivity contribution in [3.63, 3.8) is 0 Å². The lowest BCUT2D eigenvalue weighted by Gasteiger charge is -2.52. The van der Waals surface area contributed by atoms with Crippen LogP contribution in [0.25, 0.3) is 0 Å². The summed E-state index contributed by atoms with van der Waals surface area (Å²) in [6, 6.07) is -3.41. The van der Waals surface area contributed by atoms with E-state index in [0.717, 1.165) is 13.3 Å². The summed E-state index contributed by atoms with van der Waals surface area (Å²) in [5.41, 5.74) is 0. The molecule has 0 aromatic heterocycles. The first kappa shape index (κ1) is 60.7. The summed E-state index contributed by atoms with van der Waals surface area (Å²) in [6.45, 7) is -0.237. The van der Waals surface area contributed by atoms with Crippen molar-refractivity contribution < 1.29 is 138 Å². The zero-order chi connectivity index (χ0) is 54.5. The lowest BCUT2D eigenvalue weighted by Crippen LogP contribution is -2.72. The minimum absolute atomic E-state index is 0.0220. The quantitative estimate of drug-likeness (QED) is 0.0538. The first-order valence-corrected chi connectivity index (χ1v) is 24.7. The summed E-state index contributed by atoms with van der Waals surface area (Å²) >= 11 is 0. The molecule has 428 valence electrons. The van der Waals surface area contributed by atoms with Gasteiger partial charge in [-0.25, -0.2) is 4.79 Å². The molecule has 1 aliphatic carbocycles. The van der Waals surface area contributed by atoms with E-state index in [-0.39, 0.29) is 6.61 Å². The Kier molecular flexibility index (Phi) is 21.6. The number of carboxylic acids is 1. The molecule has 30 heteroatoms. The minimum Gasteiger partial charge on any atom is -0.477 e. The lowest BCUT2D eigenvalue weighted by molar-refractivity contribution is -0.397. The standard InChI is InChI=1S/C44H74N2O28/c1-4-65-40-31(60)36(27(56)20(12-48)67-40)72-39-24(46-38(62)17-8-6-5-7-9-17)35(71-41-30(59)29(58)25(54)15(2)66-41)33(22(14-50)69-39)70-42-32(61)37(28(57)21(13-49)68-42)74-44(43(63)64)10-18(52)23(45-16(3)51)34(73-44)26(55)19(53)11-47/h15,17-37,39-42,47-50,52-61H,4-14H2,1-3H3,(H,45,51)(H,46,62)(H,63,64)/t15-,18+,19+,20-,21-,22-,23+,24-,25+,26+,27-,28-,29-,30-,31-,32-,33+,34+,35+,36-,37-,39-,40+,41-,42-,44-/m0/s1. The van der Waals surface area contributed by atoms with Crippen LogP contribution in [-0.4, -0.2) is 286 Å². The fourth-order valence-electron chi connectivity index (χ4n) is 10.2. The van der Waals surface area contributed by atoms with Crippen molar-refractivity contribution in [3.05, 3.63) is 0 Å². The first-order valence-electron chi connectivity index (χ1n) is 24.7. The van der Waals surface area contributed by atoms with Gasteiger partial charge in [-0.3, -0.25) is 9.59 Å². The number of nitrogens with one attached hydrogen (secondary N) is 2. The van der Waals surface area contributed by atoms with Gasteiger partial charge in [0.25, 0.3) is 5.79 Å². The zero-order valence-electron chi connectivity index (χ0n) is 40.8. The molecule has 0 spiro atoms. The van der Waals surface area contributed by atoms with Crippen LogP contribution in [0, 0.1) is 5.92 Å². The van der Waals surface area contributed by atoms with E-state index in [1.165, 1.54) is 6.92 Å². The summed E-state index contributed by atoms with van der Waals surface area (Å²) < 4.78 is 59.3. The molecule has 0 radical (unpaired) electrons. The van der Waals surface area contributed by atoms with Gasteiger partial charge in [0, 0.05) is 25.9 Å². The molecule has 2 amide bonds. The molecule has 6 fully saturated rings. The van der Waals surface area contributed by atoms with E-state index < -0.39 is 216 Å². The average molecular weight is 1080 g/mol. The second kappa shape index (κ2) is 26.4. The number of aliphatic hydroxyl groups is 14. The number of aliphatic carboxylic acids is 1. The molecule has 6 rings (SSSR count). The Bertz CT molecular complexity index is 1810. The molecule has 0 bridgehead atoms. The van der Waals surface area contributed by atoms with Gasteiger partial charge < -0.3 is 135 Å². The van der Waals surface area contributed by atoms with E-state index in [0.29, 0.717) is 25.7 Å². The van der Waals surface area contributed by atoms with Crippen LogP contribution >= 0.6 is 0 Å². The van der Waals surface area contributed by atoms with Crippen molar-refractivity contribution >= 4 is 17.8 Å². The third kappa shape index (κ3) is 13.1. The fraction of sp³-hybridized carbons (Fsp3) is 0.932. The highest BCUT2D eigenvalue weighted by molar-refractivity contribution is 5.79. The Morgan fingerprint density at radius 2 is 1.19 bits per heavy atom. The molecule has 0 aromatic rings. The second-order valence-corrected chi connectivity index (χ2v) is 19.4. The number of carbonyl (C=O) groups excluding carboxylic acids is 2. The highest BCUT2D eigenvalue weighted by Crippen LogP contribution is 2.40. The monoisotopic (exact) mass is 1080 g/mol. The largest absolute Gasteiger partial charge is 0.477 e. The zero-order valence-corrected chi connectivity index (χ0v) is 40.8. The van der Waals surface area contributed by atoms with Gasteiger partial charge in [0.15, 0.2) is 25.2 Å². The van der Waals surface area contributed by atoms with Crippen LogP contribution in [0.2, 0.25) is 0 Å². The summed E-state index contributed by atoms with van der Waals surface area (Å²) in [4.78, 5) is 39.6. The number of amides is 2. The number of hydrogen-bond donors (Lipinski definition) is 17. The fourth-order valence-corrected chi connectivity index (χ4v) is 10.2. The van der Waals surface area contributed by atoms with Gasteiger partial charge in [-0.2, -0.15) is 0 Å². The molecule has 26 atom stereocenters. The van der Waals surface area contributed by atoms with Gasteiger partial charge >= 0.3 is 5.97 Å². The van der Waals surface area contributed by atoms with Gasteiger partial charge in [-0.1, -0.05) is 19.3 Å². The van der Waals surface area contributed by atoms with Crippen LogP contribution in [0.3, 0.4) is 0 Å². The molecule has 5 aliphatic heterocycles. The van der Waals surface area contributed by atoms with Crippen molar-refractivity contribution in [2.24, 2.45) is 5.92 Å². The smallest absolute Gasteiger partial charge is 0.364 e. The normalized spacial score (nSPS) is 45.3. The summed E-state index contributed by atoms with van der Waals surface area (Å²) in [5, 5.41) is 169. The van der Waals surface area contributed by atoms with Crippen LogP contribution in [0.4, 0.5) is 0 Å². The van der Waals surface area contributed by atoms with Gasteiger partial charge in [-0.05, 0) is 26.7 Å². The highest BCUT2D eigenvalue weighted by Gasteiger charge is 2.61. The average Bonchev–Trinajstić information content (AvgIpc) is 3.38. The number of hydrogen-bond acceptors (Lipinski definition) is 27. The van der Waals surface area contributed by atoms with Crippen LogP contribution in [0.15, 0.2) is 0 Å². The highest BCUT2D eigenvalue weighted by atomic mass is 16.8. The van der Waals surface area contributed by atoms with Crippen molar-refractivity contribution in [2.45, 2.75) is 218 Å². The topological polar surface area (TPSA) is 471 Å². The Hall–Kier alpha value is -2.55. The summed E-state index contributed by atoms with van der Waals surface area (Å²) in [7, 11) is 0. The Morgan fingerprint density at radius 3 is 1.77 bits per heavy atom.